The predicted molar refractivity (Wildman–Crippen MR) is 67.0 cm³/mol. The van der Waals surface area contributed by atoms with Gasteiger partial charge in [0.15, 0.2) is 0 Å². The van der Waals surface area contributed by atoms with E-state index in [1.54, 1.807) is 0 Å². The molecule has 1 saturated carbocycles. The average Bonchev–Trinajstić information content (AvgIpc) is 3.07. The lowest BCUT2D eigenvalue weighted by atomic mass is 9.98. The van der Waals surface area contributed by atoms with E-state index >= 15 is 0 Å². The maximum Gasteiger partial charge on any atom is 0.118 e. The summed E-state index contributed by atoms with van der Waals surface area (Å²) in [6.07, 6.45) is 4.98. The highest BCUT2D eigenvalue weighted by molar-refractivity contribution is 7.99. The van der Waals surface area contributed by atoms with Gasteiger partial charge < -0.3 is 0 Å². The van der Waals surface area contributed by atoms with Crippen molar-refractivity contribution in [3.8, 4) is 6.07 Å². The smallest absolute Gasteiger partial charge is 0.118 e. The van der Waals surface area contributed by atoms with Crippen LogP contribution >= 0.6 is 11.8 Å². The van der Waals surface area contributed by atoms with Crippen LogP contribution in [0.4, 0.5) is 0 Å². The van der Waals surface area contributed by atoms with E-state index in [2.05, 4.69) is 25.2 Å². The van der Waals surface area contributed by atoms with Gasteiger partial charge in [0.2, 0.25) is 0 Å². The molecule has 1 aliphatic rings. The lowest BCUT2D eigenvalue weighted by molar-refractivity contribution is 0.416. The second-order valence-electron chi connectivity index (χ2n) is 4.29. The zero-order chi connectivity index (χ0) is 11.1. The predicted octanol–water partition coefficient (Wildman–Crippen LogP) is 2.80. The minimum absolute atomic E-state index is 0.229. The number of thioether (sulfide) groups is 1. The van der Waals surface area contributed by atoms with E-state index in [1.807, 2.05) is 11.8 Å². The lowest BCUT2D eigenvalue weighted by Gasteiger charge is -2.27. The molecule has 0 aromatic heterocycles. The molecule has 86 valence electrons. The summed E-state index contributed by atoms with van der Waals surface area (Å²) in [5.74, 6) is 2.76. The minimum atomic E-state index is -0.229. The molecule has 1 fully saturated rings. The second kappa shape index (κ2) is 6.40. The van der Waals surface area contributed by atoms with Crippen LogP contribution in [0.15, 0.2) is 0 Å². The van der Waals surface area contributed by atoms with E-state index in [-0.39, 0.29) is 5.54 Å². The SMILES string of the molecule is CCCCSCC(C#N)(NCC)C1CC1. The first-order chi connectivity index (χ1) is 7.29. The van der Waals surface area contributed by atoms with Gasteiger partial charge in [0.1, 0.15) is 5.54 Å². The molecule has 0 aliphatic heterocycles. The normalized spacial score (nSPS) is 19.5. The first kappa shape index (κ1) is 12.9. The fourth-order valence-electron chi connectivity index (χ4n) is 1.85. The molecule has 15 heavy (non-hydrogen) atoms. The Bertz CT molecular complexity index is 220. The zero-order valence-corrected chi connectivity index (χ0v) is 10.7. The van der Waals surface area contributed by atoms with Gasteiger partial charge in [0.05, 0.1) is 6.07 Å². The molecule has 0 spiro atoms. The van der Waals surface area contributed by atoms with Gasteiger partial charge >= 0.3 is 0 Å². The van der Waals surface area contributed by atoms with Gasteiger partial charge in [-0.25, -0.2) is 0 Å². The Morgan fingerprint density at radius 1 is 1.47 bits per heavy atom. The zero-order valence-electron chi connectivity index (χ0n) is 9.88. The molecular formula is C12H22N2S. The van der Waals surface area contributed by atoms with E-state index in [4.69, 9.17) is 0 Å². The standard InChI is InChI=1S/C12H22N2S/c1-3-5-8-15-10-12(9-13,14-4-2)11-6-7-11/h11,14H,3-8,10H2,1-2H3. The van der Waals surface area contributed by atoms with Crippen LogP contribution in [0, 0.1) is 17.2 Å². The molecule has 3 heteroatoms. The number of nitrogens with one attached hydrogen (secondary N) is 1. The van der Waals surface area contributed by atoms with Gasteiger partial charge in [-0.1, -0.05) is 20.3 Å². The molecule has 1 aliphatic carbocycles. The van der Waals surface area contributed by atoms with Crippen molar-refractivity contribution in [3.63, 3.8) is 0 Å². The Hall–Kier alpha value is -0.200. The van der Waals surface area contributed by atoms with Crippen LogP contribution in [-0.2, 0) is 0 Å². The highest BCUT2D eigenvalue weighted by atomic mass is 32.2. The molecule has 0 radical (unpaired) electrons. The van der Waals surface area contributed by atoms with Crippen LogP contribution in [0.25, 0.3) is 0 Å². The number of nitriles is 1. The van der Waals surface area contributed by atoms with E-state index in [0.717, 1.165) is 12.3 Å². The van der Waals surface area contributed by atoms with E-state index in [0.29, 0.717) is 5.92 Å². The molecule has 1 N–H and O–H groups in total. The molecule has 0 aromatic rings. The van der Waals surface area contributed by atoms with Crippen LogP contribution in [0.2, 0.25) is 0 Å². The molecule has 0 amide bonds. The van der Waals surface area contributed by atoms with Gasteiger partial charge in [-0.2, -0.15) is 17.0 Å². The fourth-order valence-corrected chi connectivity index (χ4v) is 3.21. The summed E-state index contributed by atoms with van der Waals surface area (Å²) in [5.41, 5.74) is -0.229. The lowest BCUT2D eigenvalue weighted by Crippen LogP contribution is -2.48. The second-order valence-corrected chi connectivity index (χ2v) is 5.40. The molecule has 1 unspecified atom stereocenters. The molecular weight excluding hydrogens is 204 g/mol. The largest absolute Gasteiger partial charge is 0.299 e. The number of unbranched alkanes of at least 4 members (excludes halogenated alkanes) is 1. The Morgan fingerprint density at radius 2 is 2.20 bits per heavy atom. The Morgan fingerprint density at radius 3 is 2.67 bits per heavy atom. The monoisotopic (exact) mass is 226 g/mol. The molecule has 1 atom stereocenters. The third-order valence-electron chi connectivity index (χ3n) is 2.94. The number of hydrogen-bond acceptors (Lipinski definition) is 3. The van der Waals surface area contributed by atoms with Gasteiger partial charge in [-0.15, -0.1) is 0 Å². The number of rotatable bonds is 8. The van der Waals surface area contributed by atoms with Crippen LogP contribution < -0.4 is 5.32 Å². The third-order valence-corrected chi connectivity index (χ3v) is 4.17. The van der Waals surface area contributed by atoms with Gasteiger partial charge in [-0.3, -0.25) is 5.32 Å². The molecule has 2 nitrogen and oxygen atoms in total. The van der Waals surface area contributed by atoms with Gasteiger partial charge in [0.25, 0.3) is 0 Å². The third kappa shape index (κ3) is 3.70. The van der Waals surface area contributed by atoms with Crippen LogP contribution in [-0.4, -0.2) is 23.6 Å². The summed E-state index contributed by atoms with van der Waals surface area (Å²) < 4.78 is 0. The molecule has 0 saturated heterocycles. The molecule has 1 rings (SSSR count). The van der Waals surface area contributed by atoms with Crippen molar-refractivity contribution in [1.29, 1.82) is 5.26 Å². The van der Waals surface area contributed by atoms with Crippen molar-refractivity contribution >= 4 is 11.8 Å². The Kier molecular flexibility index (Phi) is 5.49. The molecule has 0 aromatic carbocycles. The highest BCUT2D eigenvalue weighted by Gasteiger charge is 2.44. The quantitative estimate of drug-likeness (QED) is 0.646. The van der Waals surface area contributed by atoms with Crippen LogP contribution in [0.3, 0.4) is 0 Å². The van der Waals surface area contributed by atoms with Crippen LogP contribution in [0.5, 0.6) is 0 Å². The summed E-state index contributed by atoms with van der Waals surface area (Å²) in [5, 5.41) is 12.8. The van der Waals surface area contributed by atoms with Crippen molar-refractivity contribution in [2.75, 3.05) is 18.1 Å². The van der Waals surface area contributed by atoms with E-state index < -0.39 is 0 Å². The Labute approximate surface area is 97.8 Å². The minimum Gasteiger partial charge on any atom is -0.299 e. The van der Waals surface area contributed by atoms with Crippen molar-refractivity contribution < 1.29 is 0 Å². The summed E-state index contributed by atoms with van der Waals surface area (Å²) in [6.45, 7) is 5.20. The van der Waals surface area contributed by atoms with E-state index in [1.165, 1.54) is 31.4 Å². The first-order valence-electron chi connectivity index (χ1n) is 6.03. The van der Waals surface area contributed by atoms with Crippen LogP contribution in [0.1, 0.15) is 39.5 Å². The Balaban J connectivity index is 2.38. The van der Waals surface area contributed by atoms with Crippen molar-refractivity contribution in [2.24, 2.45) is 5.92 Å². The van der Waals surface area contributed by atoms with Crippen molar-refractivity contribution in [2.45, 2.75) is 45.1 Å². The number of nitrogens with zero attached hydrogens (tertiary/aromatic N) is 1. The highest BCUT2D eigenvalue weighted by Crippen LogP contribution is 2.41. The molecule has 0 heterocycles. The summed E-state index contributed by atoms with van der Waals surface area (Å²) in [6, 6.07) is 2.52. The summed E-state index contributed by atoms with van der Waals surface area (Å²) >= 11 is 1.93. The average molecular weight is 226 g/mol. The summed E-state index contributed by atoms with van der Waals surface area (Å²) in [4.78, 5) is 0. The van der Waals surface area contributed by atoms with Gasteiger partial charge in [0, 0.05) is 5.75 Å². The van der Waals surface area contributed by atoms with Crippen molar-refractivity contribution in [3.05, 3.63) is 0 Å². The fraction of sp³-hybridized carbons (Fsp3) is 0.917. The van der Waals surface area contributed by atoms with Gasteiger partial charge in [-0.05, 0) is 37.5 Å². The first-order valence-corrected chi connectivity index (χ1v) is 7.18. The summed E-state index contributed by atoms with van der Waals surface area (Å²) in [7, 11) is 0. The van der Waals surface area contributed by atoms with Crippen molar-refractivity contribution in [1.82, 2.24) is 5.32 Å². The topological polar surface area (TPSA) is 35.8 Å². The number of hydrogen-bond donors (Lipinski definition) is 1. The molecule has 0 bridgehead atoms. The maximum atomic E-state index is 9.35. The maximum absolute atomic E-state index is 9.35. The van der Waals surface area contributed by atoms with E-state index in [9.17, 15) is 5.26 Å².